The molecule has 0 aliphatic carbocycles. The predicted molar refractivity (Wildman–Crippen MR) is 140 cm³/mol. The fourth-order valence-electron chi connectivity index (χ4n) is 4.91. The average Bonchev–Trinajstić information content (AvgIpc) is 3.16. The first-order valence-electron chi connectivity index (χ1n) is 12.2. The molecule has 10 heteroatoms. The molecule has 36 heavy (non-hydrogen) atoms. The van der Waals surface area contributed by atoms with Gasteiger partial charge in [-0.15, -0.1) is 0 Å². The molecule has 1 atom stereocenters. The maximum absolute atomic E-state index is 13.4. The molecule has 0 amide bonds. The largest absolute Gasteiger partial charge is 0.492 e. The van der Waals surface area contributed by atoms with E-state index in [0.29, 0.717) is 40.6 Å². The second-order valence-corrected chi connectivity index (χ2v) is 9.87. The molecule has 5 rings (SSSR count). The van der Waals surface area contributed by atoms with E-state index < -0.39 is 5.69 Å². The molecule has 2 aromatic carbocycles. The van der Waals surface area contributed by atoms with Gasteiger partial charge in [0, 0.05) is 18.5 Å². The third-order valence-corrected chi connectivity index (χ3v) is 6.92. The van der Waals surface area contributed by atoms with E-state index in [0.717, 1.165) is 45.4 Å². The van der Waals surface area contributed by atoms with E-state index in [1.54, 1.807) is 12.1 Å². The van der Waals surface area contributed by atoms with Gasteiger partial charge in [-0.2, -0.15) is 9.36 Å². The number of aromatic nitrogens is 5. The molecule has 0 spiro atoms. The fraction of sp³-hybridized carbons (Fsp3) is 0.385. The molecule has 1 fully saturated rings. The van der Waals surface area contributed by atoms with Crippen LogP contribution in [-0.4, -0.2) is 44.0 Å². The summed E-state index contributed by atoms with van der Waals surface area (Å²) in [6, 6.07) is 9.75. The van der Waals surface area contributed by atoms with E-state index in [2.05, 4.69) is 26.8 Å². The SMILES string of the molecule is Cc1cc(C)cc(-c2c(OCCC3CCCCN3)c3cc(-n4nnn(C)c4=O)c(Cl)cc3[nH]c2=O)c1. The van der Waals surface area contributed by atoms with E-state index in [9.17, 15) is 9.59 Å². The topological polar surface area (TPSA) is 107 Å². The summed E-state index contributed by atoms with van der Waals surface area (Å²) >= 11 is 6.52. The molecule has 3 heterocycles. The van der Waals surface area contributed by atoms with Crippen molar-refractivity contribution in [3.05, 3.63) is 67.3 Å². The van der Waals surface area contributed by atoms with E-state index in [-0.39, 0.29) is 10.6 Å². The Hall–Kier alpha value is -3.43. The van der Waals surface area contributed by atoms with Crippen molar-refractivity contribution in [3.63, 3.8) is 0 Å². The minimum atomic E-state index is -0.430. The van der Waals surface area contributed by atoms with Gasteiger partial charge in [0.15, 0.2) is 0 Å². The third-order valence-electron chi connectivity index (χ3n) is 6.62. The highest BCUT2D eigenvalue weighted by Gasteiger charge is 2.21. The van der Waals surface area contributed by atoms with Crippen molar-refractivity contribution in [1.82, 2.24) is 30.1 Å². The van der Waals surface area contributed by atoms with Gasteiger partial charge in [0.25, 0.3) is 5.56 Å². The first-order chi connectivity index (χ1) is 17.3. The lowest BCUT2D eigenvalue weighted by Gasteiger charge is -2.24. The lowest BCUT2D eigenvalue weighted by molar-refractivity contribution is 0.271. The van der Waals surface area contributed by atoms with Crippen molar-refractivity contribution in [1.29, 1.82) is 0 Å². The Kier molecular flexibility index (Phi) is 6.68. The zero-order valence-corrected chi connectivity index (χ0v) is 21.4. The number of H-pyrrole nitrogens is 1. The van der Waals surface area contributed by atoms with Crippen molar-refractivity contribution in [2.75, 3.05) is 13.2 Å². The van der Waals surface area contributed by atoms with Crippen molar-refractivity contribution in [3.8, 4) is 22.6 Å². The Labute approximate surface area is 213 Å². The number of hydrogen-bond donors (Lipinski definition) is 2. The Balaban J connectivity index is 1.68. The number of fused-ring (bicyclic) bond motifs is 1. The van der Waals surface area contributed by atoms with Crippen LogP contribution in [-0.2, 0) is 7.05 Å². The van der Waals surface area contributed by atoms with Crippen molar-refractivity contribution < 1.29 is 4.74 Å². The first-order valence-corrected chi connectivity index (χ1v) is 12.5. The molecule has 0 bridgehead atoms. The fourth-order valence-corrected chi connectivity index (χ4v) is 5.15. The van der Waals surface area contributed by atoms with Crippen LogP contribution in [0.4, 0.5) is 0 Å². The molecule has 4 aromatic rings. The summed E-state index contributed by atoms with van der Waals surface area (Å²) in [5.74, 6) is 0.462. The molecule has 9 nitrogen and oxygen atoms in total. The maximum Gasteiger partial charge on any atom is 0.368 e. The second kappa shape index (κ2) is 9.91. The molecule has 0 saturated carbocycles. The van der Waals surface area contributed by atoms with Gasteiger partial charge in [0.2, 0.25) is 0 Å². The van der Waals surface area contributed by atoms with E-state index in [1.807, 2.05) is 26.0 Å². The molecule has 2 aromatic heterocycles. The van der Waals surface area contributed by atoms with E-state index in [1.165, 1.54) is 19.9 Å². The lowest BCUT2D eigenvalue weighted by Crippen LogP contribution is -2.35. The summed E-state index contributed by atoms with van der Waals surface area (Å²) in [5, 5.41) is 12.2. The Morgan fingerprint density at radius 3 is 2.53 bits per heavy atom. The highest BCUT2D eigenvalue weighted by molar-refractivity contribution is 6.33. The van der Waals surface area contributed by atoms with Gasteiger partial charge in [0.1, 0.15) is 5.75 Å². The number of nitrogens with one attached hydrogen (secondary N) is 2. The molecule has 1 unspecified atom stereocenters. The number of aromatic amines is 1. The van der Waals surface area contributed by atoms with E-state index in [4.69, 9.17) is 16.3 Å². The van der Waals surface area contributed by atoms with Crippen LogP contribution in [0.1, 0.15) is 36.8 Å². The molecule has 1 aliphatic rings. The number of hydrogen-bond acceptors (Lipinski definition) is 6. The van der Waals surface area contributed by atoms with Gasteiger partial charge in [0.05, 0.1) is 28.4 Å². The highest BCUT2D eigenvalue weighted by Crippen LogP contribution is 2.37. The number of ether oxygens (including phenoxy) is 1. The summed E-state index contributed by atoms with van der Waals surface area (Å²) in [6.45, 7) is 5.46. The second-order valence-electron chi connectivity index (χ2n) is 9.46. The summed E-state index contributed by atoms with van der Waals surface area (Å²) in [5.41, 5.74) is 3.50. The van der Waals surface area contributed by atoms with Crippen molar-refractivity contribution >= 4 is 22.5 Å². The Bertz CT molecular complexity index is 1530. The molecule has 2 N–H and O–H groups in total. The Morgan fingerprint density at radius 1 is 1.08 bits per heavy atom. The van der Waals surface area contributed by atoms with Gasteiger partial charge in [-0.1, -0.05) is 47.3 Å². The molecule has 1 saturated heterocycles. The summed E-state index contributed by atoms with van der Waals surface area (Å²) < 4.78 is 8.67. The number of tetrazole rings is 1. The van der Waals surface area contributed by atoms with E-state index >= 15 is 0 Å². The normalized spacial score (nSPS) is 15.9. The number of benzene rings is 2. The monoisotopic (exact) mass is 508 g/mol. The van der Waals surface area contributed by atoms with Crippen LogP contribution >= 0.6 is 11.6 Å². The zero-order valence-electron chi connectivity index (χ0n) is 20.6. The number of rotatable bonds is 6. The highest BCUT2D eigenvalue weighted by atomic mass is 35.5. The molecule has 188 valence electrons. The molecular weight excluding hydrogens is 480 g/mol. The van der Waals surface area contributed by atoms with Crippen LogP contribution in [0.3, 0.4) is 0 Å². The zero-order chi connectivity index (χ0) is 25.4. The Morgan fingerprint density at radius 2 is 1.86 bits per heavy atom. The molecule has 1 aliphatic heterocycles. The van der Waals surface area contributed by atoms with Crippen LogP contribution in [0.5, 0.6) is 5.75 Å². The van der Waals surface area contributed by atoms with Crippen LogP contribution in [0.2, 0.25) is 5.02 Å². The average molecular weight is 509 g/mol. The molecular formula is C26H29ClN6O3. The van der Waals surface area contributed by atoms with Crippen LogP contribution in [0.25, 0.3) is 27.7 Å². The minimum absolute atomic E-state index is 0.261. The standard InChI is InChI=1S/C26H29ClN6O3/c1-15-10-16(2)12-17(11-15)23-24(36-9-7-18-6-4-5-8-28-18)19-13-22(33-26(35)32(3)30-31-33)20(27)14-21(19)29-25(23)34/h10-14,18,28H,4-9H2,1-3H3,(H,29,34). The van der Waals surface area contributed by atoms with Crippen LogP contribution < -0.4 is 21.3 Å². The number of aryl methyl sites for hydroxylation is 3. The number of halogens is 1. The lowest BCUT2D eigenvalue weighted by atomic mass is 9.99. The number of nitrogens with zero attached hydrogens (tertiary/aromatic N) is 4. The quantitative estimate of drug-likeness (QED) is 0.411. The molecule has 0 radical (unpaired) electrons. The summed E-state index contributed by atoms with van der Waals surface area (Å²) in [6.07, 6.45) is 4.33. The predicted octanol–water partition coefficient (Wildman–Crippen LogP) is 3.66. The van der Waals surface area contributed by atoms with Gasteiger partial charge in [-0.3, -0.25) is 4.79 Å². The smallest absolute Gasteiger partial charge is 0.368 e. The van der Waals surface area contributed by atoms with Crippen LogP contribution in [0.15, 0.2) is 39.9 Å². The first kappa shape index (κ1) is 24.3. The number of pyridine rings is 1. The maximum atomic E-state index is 13.4. The van der Waals surface area contributed by atoms with Gasteiger partial charge in [-0.05, 0) is 67.8 Å². The van der Waals surface area contributed by atoms with Gasteiger partial charge in [-0.25, -0.2) is 4.79 Å². The summed E-state index contributed by atoms with van der Waals surface area (Å²) in [7, 11) is 1.52. The van der Waals surface area contributed by atoms with Crippen LogP contribution in [0, 0.1) is 13.8 Å². The minimum Gasteiger partial charge on any atom is -0.492 e. The van der Waals surface area contributed by atoms with Gasteiger partial charge < -0.3 is 15.0 Å². The summed E-state index contributed by atoms with van der Waals surface area (Å²) in [4.78, 5) is 28.9. The van der Waals surface area contributed by atoms with Crippen molar-refractivity contribution in [2.45, 2.75) is 45.6 Å². The van der Waals surface area contributed by atoms with Gasteiger partial charge >= 0.3 is 5.69 Å². The third kappa shape index (κ3) is 4.68. The van der Waals surface area contributed by atoms with Crippen molar-refractivity contribution in [2.24, 2.45) is 7.05 Å². The number of piperidine rings is 1.